The fraction of sp³-hybridized carbons (Fsp3) is 0.438. The van der Waals surface area contributed by atoms with E-state index >= 15 is 0 Å². The quantitative estimate of drug-likeness (QED) is 0.492. The molecule has 1 atom stereocenters. The maximum absolute atomic E-state index is 12.3. The van der Waals surface area contributed by atoms with Crippen molar-refractivity contribution in [1.82, 2.24) is 5.32 Å². The highest BCUT2D eigenvalue weighted by Gasteiger charge is 2.26. The summed E-state index contributed by atoms with van der Waals surface area (Å²) in [4.78, 5) is 13.4. The van der Waals surface area contributed by atoms with E-state index in [1.165, 1.54) is 0 Å². The number of rotatable bonds is 6. The molecule has 0 aliphatic heterocycles. The number of carbonyl (C=O) groups excluding carboxylic acids is 1. The second kappa shape index (κ2) is 7.41. The first kappa shape index (κ1) is 16.7. The van der Waals surface area contributed by atoms with E-state index in [2.05, 4.69) is 11.9 Å². The van der Waals surface area contributed by atoms with Gasteiger partial charge in [0.05, 0.1) is 11.6 Å². The SMILES string of the molecule is C=CCNC(/C(=C/C)C(=O)OC(C)(C)C)c1cccs1. The van der Waals surface area contributed by atoms with Crippen LogP contribution in [0.5, 0.6) is 0 Å². The predicted molar refractivity (Wildman–Crippen MR) is 84.9 cm³/mol. The van der Waals surface area contributed by atoms with Crippen LogP contribution in [0.1, 0.15) is 38.6 Å². The number of ether oxygens (including phenoxy) is 1. The van der Waals surface area contributed by atoms with Crippen LogP contribution in [-0.2, 0) is 9.53 Å². The monoisotopic (exact) mass is 293 g/mol. The van der Waals surface area contributed by atoms with E-state index in [4.69, 9.17) is 4.74 Å². The molecule has 3 nitrogen and oxygen atoms in total. The van der Waals surface area contributed by atoms with Crippen molar-refractivity contribution in [2.24, 2.45) is 0 Å². The van der Waals surface area contributed by atoms with Crippen molar-refractivity contribution in [3.05, 3.63) is 46.7 Å². The van der Waals surface area contributed by atoms with Gasteiger partial charge < -0.3 is 10.1 Å². The van der Waals surface area contributed by atoms with Crippen LogP contribution in [0.2, 0.25) is 0 Å². The van der Waals surface area contributed by atoms with Gasteiger partial charge in [-0.25, -0.2) is 4.79 Å². The average molecular weight is 293 g/mol. The normalized spacial score (nSPS) is 13.9. The third kappa shape index (κ3) is 4.94. The second-order valence-electron chi connectivity index (χ2n) is 5.39. The zero-order valence-corrected chi connectivity index (χ0v) is 13.4. The molecule has 1 heterocycles. The summed E-state index contributed by atoms with van der Waals surface area (Å²) in [6.07, 6.45) is 3.59. The van der Waals surface area contributed by atoms with E-state index in [9.17, 15) is 4.79 Å². The highest BCUT2D eigenvalue weighted by atomic mass is 32.1. The summed E-state index contributed by atoms with van der Waals surface area (Å²) in [5, 5.41) is 5.31. The molecule has 1 unspecified atom stereocenters. The molecule has 0 saturated heterocycles. The van der Waals surface area contributed by atoms with E-state index in [1.807, 2.05) is 51.3 Å². The van der Waals surface area contributed by atoms with Crippen LogP contribution >= 0.6 is 11.3 Å². The van der Waals surface area contributed by atoms with Crippen molar-refractivity contribution in [3.63, 3.8) is 0 Å². The van der Waals surface area contributed by atoms with Crippen LogP contribution in [0.4, 0.5) is 0 Å². The lowest BCUT2D eigenvalue weighted by Crippen LogP contribution is -2.31. The number of hydrogen-bond acceptors (Lipinski definition) is 4. The Kier molecular flexibility index (Phi) is 6.17. The first-order valence-corrected chi connectivity index (χ1v) is 7.54. The smallest absolute Gasteiger partial charge is 0.336 e. The Hall–Kier alpha value is -1.39. The minimum Gasteiger partial charge on any atom is -0.457 e. The predicted octanol–water partition coefficient (Wildman–Crippen LogP) is 3.85. The van der Waals surface area contributed by atoms with Crippen LogP contribution in [-0.4, -0.2) is 18.1 Å². The molecule has 0 aliphatic rings. The summed E-state index contributed by atoms with van der Waals surface area (Å²) >= 11 is 1.62. The van der Waals surface area contributed by atoms with Gasteiger partial charge in [-0.3, -0.25) is 0 Å². The van der Waals surface area contributed by atoms with Gasteiger partial charge in [0.1, 0.15) is 5.60 Å². The molecular formula is C16H23NO2S. The van der Waals surface area contributed by atoms with Crippen LogP contribution in [0, 0.1) is 0 Å². The van der Waals surface area contributed by atoms with Gasteiger partial charge in [0.25, 0.3) is 0 Å². The van der Waals surface area contributed by atoms with Gasteiger partial charge in [0.2, 0.25) is 0 Å². The molecule has 0 aromatic carbocycles. The van der Waals surface area contributed by atoms with Gasteiger partial charge in [0.15, 0.2) is 0 Å². The van der Waals surface area contributed by atoms with Gasteiger partial charge in [-0.05, 0) is 39.1 Å². The lowest BCUT2D eigenvalue weighted by molar-refractivity contribution is -0.150. The highest BCUT2D eigenvalue weighted by Crippen LogP contribution is 2.27. The second-order valence-corrected chi connectivity index (χ2v) is 6.37. The molecule has 0 spiro atoms. The third-order valence-electron chi connectivity index (χ3n) is 2.55. The Balaban J connectivity index is 2.97. The summed E-state index contributed by atoms with van der Waals surface area (Å²) < 4.78 is 5.48. The first-order chi connectivity index (χ1) is 9.39. The van der Waals surface area contributed by atoms with Crippen molar-refractivity contribution < 1.29 is 9.53 Å². The molecule has 0 aliphatic carbocycles. The van der Waals surface area contributed by atoms with Crippen molar-refractivity contribution in [2.75, 3.05) is 6.54 Å². The fourth-order valence-corrected chi connectivity index (χ4v) is 2.58. The van der Waals surface area contributed by atoms with Gasteiger partial charge in [0, 0.05) is 11.4 Å². The van der Waals surface area contributed by atoms with E-state index in [-0.39, 0.29) is 12.0 Å². The number of hydrogen-bond donors (Lipinski definition) is 1. The summed E-state index contributed by atoms with van der Waals surface area (Å²) in [5.74, 6) is -0.282. The summed E-state index contributed by atoms with van der Waals surface area (Å²) in [6, 6.07) is 3.83. The molecule has 1 aromatic heterocycles. The molecule has 0 bridgehead atoms. The molecule has 1 rings (SSSR count). The zero-order chi connectivity index (χ0) is 15.2. The number of allylic oxidation sites excluding steroid dienone is 1. The number of nitrogens with one attached hydrogen (secondary N) is 1. The summed E-state index contributed by atoms with van der Waals surface area (Å²) in [5.41, 5.74) is 0.133. The van der Waals surface area contributed by atoms with Crippen molar-refractivity contribution in [3.8, 4) is 0 Å². The lowest BCUT2D eigenvalue weighted by Gasteiger charge is -2.24. The molecule has 0 fully saturated rings. The molecule has 4 heteroatoms. The Morgan fingerprint density at radius 2 is 2.25 bits per heavy atom. The Morgan fingerprint density at radius 1 is 1.55 bits per heavy atom. The van der Waals surface area contributed by atoms with Crippen LogP contribution in [0.25, 0.3) is 0 Å². The number of thiophene rings is 1. The van der Waals surface area contributed by atoms with Crippen LogP contribution in [0.15, 0.2) is 41.8 Å². The molecule has 20 heavy (non-hydrogen) atoms. The maximum Gasteiger partial charge on any atom is 0.336 e. The van der Waals surface area contributed by atoms with Crippen LogP contribution in [0.3, 0.4) is 0 Å². The van der Waals surface area contributed by atoms with Crippen LogP contribution < -0.4 is 5.32 Å². The molecule has 0 saturated carbocycles. The highest BCUT2D eigenvalue weighted by molar-refractivity contribution is 7.10. The summed E-state index contributed by atoms with van der Waals surface area (Å²) in [7, 11) is 0. The van der Waals surface area contributed by atoms with Gasteiger partial charge in [-0.15, -0.1) is 17.9 Å². The van der Waals surface area contributed by atoms with Crippen molar-refractivity contribution in [2.45, 2.75) is 39.3 Å². The van der Waals surface area contributed by atoms with E-state index < -0.39 is 5.60 Å². The fourth-order valence-electron chi connectivity index (χ4n) is 1.76. The summed E-state index contributed by atoms with van der Waals surface area (Å²) in [6.45, 7) is 11.8. The van der Waals surface area contributed by atoms with Crippen molar-refractivity contribution >= 4 is 17.3 Å². The molecule has 1 aromatic rings. The Morgan fingerprint density at radius 3 is 2.70 bits per heavy atom. The molecular weight excluding hydrogens is 270 g/mol. The van der Waals surface area contributed by atoms with Gasteiger partial charge in [-0.1, -0.05) is 18.2 Å². The Bertz CT molecular complexity index is 469. The topological polar surface area (TPSA) is 38.3 Å². The number of carbonyl (C=O) groups is 1. The molecule has 0 radical (unpaired) electrons. The molecule has 110 valence electrons. The maximum atomic E-state index is 12.3. The zero-order valence-electron chi connectivity index (χ0n) is 12.6. The minimum atomic E-state index is -0.496. The molecule has 0 amide bonds. The Labute approximate surface area is 125 Å². The van der Waals surface area contributed by atoms with E-state index in [0.717, 1.165) is 4.88 Å². The van der Waals surface area contributed by atoms with Crippen molar-refractivity contribution in [1.29, 1.82) is 0 Å². The number of esters is 1. The first-order valence-electron chi connectivity index (χ1n) is 6.66. The van der Waals surface area contributed by atoms with E-state index in [0.29, 0.717) is 12.1 Å². The van der Waals surface area contributed by atoms with Gasteiger partial charge in [-0.2, -0.15) is 0 Å². The van der Waals surface area contributed by atoms with Gasteiger partial charge >= 0.3 is 5.97 Å². The van der Waals surface area contributed by atoms with E-state index in [1.54, 1.807) is 17.4 Å². The average Bonchev–Trinajstić information content (AvgIpc) is 2.85. The lowest BCUT2D eigenvalue weighted by atomic mass is 10.0. The molecule has 1 N–H and O–H groups in total. The standard InChI is InChI=1S/C16H23NO2S/c1-6-10-17-14(13-9-8-11-20-13)12(7-2)15(18)19-16(3,4)5/h6-9,11,14,17H,1,10H2,2-5H3/b12-7-. The largest absolute Gasteiger partial charge is 0.457 e. The third-order valence-corrected chi connectivity index (χ3v) is 3.49. The minimum absolute atomic E-state index is 0.159.